The standard InChI is InChI=1S/C25H26N4O10/c1-5-18(26-38-22(30)6-2)14-10-16-17-11-15(19(8-9-36-4)27-39-23(31)7-3)13-21(29(34)35)25(17)37-24(16)20(12-14)28(32)33/h10-13H,5-9H2,1-4H3/b26-18+,27-19+. The number of hydrogen-bond acceptors (Lipinski definition) is 12. The van der Waals surface area contributed by atoms with Gasteiger partial charge in [0.2, 0.25) is 11.2 Å². The highest BCUT2D eigenvalue weighted by molar-refractivity contribution is 6.16. The Balaban J connectivity index is 2.35. The molecule has 0 amide bonds. The molecule has 206 valence electrons. The molecule has 0 N–H and O–H groups in total. The van der Waals surface area contributed by atoms with Gasteiger partial charge in [0, 0.05) is 60.4 Å². The maximum atomic E-state index is 12.0. The summed E-state index contributed by atoms with van der Waals surface area (Å²) in [6.45, 7) is 5.07. The van der Waals surface area contributed by atoms with Gasteiger partial charge in [-0.1, -0.05) is 31.1 Å². The van der Waals surface area contributed by atoms with Gasteiger partial charge in [-0.15, -0.1) is 0 Å². The third-order valence-electron chi connectivity index (χ3n) is 5.66. The highest BCUT2D eigenvalue weighted by atomic mass is 16.7. The SMILES string of the molecule is CCC(=O)O/N=C(\CC)c1cc([N+](=O)[O-])c2oc3c([N+](=O)[O-])cc(/C(CCOC)=N/OC(=O)CC)cc3c2c1. The Bertz CT molecular complexity index is 1510. The summed E-state index contributed by atoms with van der Waals surface area (Å²) < 4.78 is 10.8. The van der Waals surface area contributed by atoms with E-state index in [4.69, 9.17) is 18.8 Å². The molecule has 0 saturated heterocycles. The molecule has 0 aliphatic carbocycles. The maximum Gasteiger partial charge on any atom is 0.334 e. The lowest BCUT2D eigenvalue weighted by molar-refractivity contribution is -0.384. The molecule has 0 saturated carbocycles. The Kier molecular flexibility index (Phi) is 9.38. The van der Waals surface area contributed by atoms with Crippen LogP contribution in [0.4, 0.5) is 11.4 Å². The summed E-state index contributed by atoms with van der Waals surface area (Å²) in [4.78, 5) is 55.7. The summed E-state index contributed by atoms with van der Waals surface area (Å²) in [7, 11) is 1.45. The van der Waals surface area contributed by atoms with Crippen molar-refractivity contribution < 1.29 is 38.3 Å². The molecular weight excluding hydrogens is 516 g/mol. The number of methoxy groups -OCH3 is 1. The number of nitro benzene ring substituents is 2. The van der Waals surface area contributed by atoms with E-state index in [9.17, 15) is 29.8 Å². The average Bonchev–Trinajstić information content (AvgIpc) is 3.30. The minimum Gasteiger partial charge on any atom is -0.442 e. The second kappa shape index (κ2) is 12.7. The molecule has 1 aromatic heterocycles. The van der Waals surface area contributed by atoms with Gasteiger partial charge in [0.25, 0.3) is 0 Å². The quantitative estimate of drug-likeness (QED) is 0.128. The monoisotopic (exact) mass is 542 g/mol. The molecule has 39 heavy (non-hydrogen) atoms. The molecule has 3 rings (SSSR count). The fraction of sp³-hybridized carbons (Fsp3) is 0.360. The molecule has 0 unspecified atom stereocenters. The van der Waals surface area contributed by atoms with Crippen molar-refractivity contribution in [2.24, 2.45) is 10.3 Å². The molecular formula is C25H26N4O10. The minimum atomic E-state index is -0.684. The zero-order chi connectivity index (χ0) is 28.7. The number of nitro groups is 2. The van der Waals surface area contributed by atoms with Crippen molar-refractivity contribution in [1.29, 1.82) is 0 Å². The topological polar surface area (TPSA) is 186 Å². The number of ether oxygens (including phenoxy) is 1. The van der Waals surface area contributed by atoms with E-state index < -0.39 is 33.2 Å². The molecule has 0 atom stereocenters. The van der Waals surface area contributed by atoms with Crippen LogP contribution >= 0.6 is 0 Å². The number of oxime groups is 2. The molecule has 0 aliphatic heterocycles. The van der Waals surface area contributed by atoms with Crippen molar-refractivity contribution >= 4 is 56.7 Å². The van der Waals surface area contributed by atoms with Gasteiger partial charge >= 0.3 is 23.3 Å². The Hall–Kier alpha value is -4.72. The number of furan rings is 1. The summed E-state index contributed by atoms with van der Waals surface area (Å²) >= 11 is 0. The highest BCUT2D eigenvalue weighted by Crippen LogP contribution is 2.40. The minimum absolute atomic E-state index is 0.0634. The Morgan fingerprint density at radius 2 is 1.26 bits per heavy atom. The molecule has 1 heterocycles. The van der Waals surface area contributed by atoms with Gasteiger partial charge in [-0.05, 0) is 18.6 Å². The molecule has 0 spiro atoms. The Labute approximate surface area is 221 Å². The third kappa shape index (κ3) is 6.41. The summed E-state index contributed by atoms with van der Waals surface area (Å²) in [5.74, 6) is -1.19. The van der Waals surface area contributed by atoms with E-state index in [1.807, 2.05) is 0 Å². The smallest absolute Gasteiger partial charge is 0.334 e. The predicted molar refractivity (Wildman–Crippen MR) is 140 cm³/mol. The maximum absolute atomic E-state index is 12.0. The molecule has 14 nitrogen and oxygen atoms in total. The number of carbonyl (C=O) groups excluding carboxylic acids is 2. The average molecular weight is 543 g/mol. The van der Waals surface area contributed by atoms with Crippen LogP contribution in [-0.2, 0) is 24.0 Å². The van der Waals surface area contributed by atoms with Crippen LogP contribution in [0, 0.1) is 20.2 Å². The first-order valence-electron chi connectivity index (χ1n) is 12.0. The fourth-order valence-corrected chi connectivity index (χ4v) is 3.65. The van der Waals surface area contributed by atoms with Crippen molar-refractivity contribution in [2.45, 2.75) is 46.5 Å². The predicted octanol–water partition coefficient (Wildman–Crippen LogP) is 5.16. The summed E-state index contributed by atoms with van der Waals surface area (Å²) in [5.41, 5.74) is -0.378. The van der Waals surface area contributed by atoms with E-state index in [0.717, 1.165) is 0 Å². The van der Waals surface area contributed by atoms with Crippen LogP contribution in [0.25, 0.3) is 21.9 Å². The van der Waals surface area contributed by atoms with E-state index >= 15 is 0 Å². The molecule has 0 fully saturated rings. The highest BCUT2D eigenvalue weighted by Gasteiger charge is 2.27. The van der Waals surface area contributed by atoms with Gasteiger partial charge in [0.1, 0.15) is 0 Å². The third-order valence-corrected chi connectivity index (χ3v) is 5.66. The van der Waals surface area contributed by atoms with Crippen molar-refractivity contribution in [1.82, 2.24) is 0 Å². The van der Waals surface area contributed by atoms with Crippen LogP contribution in [0.15, 0.2) is 39.0 Å². The van der Waals surface area contributed by atoms with Gasteiger partial charge in [-0.3, -0.25) is 20.2 Å². The first-order valence-corrected chi connectivity index (χ1v) is 12.0. The molecule has 14 heteroatoms. The first kappa shape index (κ1) is 28.8. The number of nitrogens with zero attached hydrogens (tertiary/aromatic N) is 4. The van der Waals surface area contributed by atoms with Crippen LogP contribution < -0.4 is 0 Å². The molecule has 0 radical (unpaired) electrons. The van der Waals surface area contributed by atoms with E-state index in [-0.39, 0.29) is 76.8 Å². The van der Waals surface area contributed by atoms with Crippen LogP contribution in [0.3, 0.4) is 0 Å². The summed E-state index contributed by atoms with van der Waals surface area (Å²) in [6.07, 6.45) is 0.553. The largest absolute Gasteiger partial charge is 0.442 e. The van der Waals surface area contributed by atoms with Gasteiger partial charge in [0.05, 0.1) is 27.9 Å². The lowest BCUT2D eigenvalue weighted by atomic mass is 10.00. The summed E-state index contributed by atoms with van der Waals surface area (Å²) in [6, 6.07) is 5.42. The Morgan fingerprint density at radius 3 is 1.67 bits per heavy atom. The molecule has 0 bridgehead atoms. The van der Waals surface area contributed by atoms with E-state index in [0.29, 0.717) is 0 Å². The molecule has 3 aromatic rings. The number of hydrogen-bond donors (Lipinski definition) is 0. The van der Waals surface area contributed by atoms with E-state index in [2.05, 4.69) is 10.3 Å². The van der Waals surface area contributed by atoms with Gasteiger partial charge in [-0.2, -0.15) is 0 Å². The lowest BCUT2D eigenvalue weighted by Gasteiger charge is -2.07. The number of rotatable bonds is 12. The van der Waals surface area contributed by atoms with E-state index in [1.165, 1.54) is 31.4 Å². The van der Waals surface area contributed by atoms with Gasteiger partial charge in [-0.25, -0.2) is 9.59 Å². The van der Waals surface area contributed by atoms with Gasteiger partial charge < -0.3 is 18.8 Å². The lowest BCUT2D eigenvalue weighted by Crippen LogP contribution is -2.09. The summed E-state index contributed by atoms with van der Waals surface area (Å²) in [5, 5.41) is 32.1. The van der Waals surface area contributed by atoms with E-state index in [1.54, 1.807) is 20.8 Å². The number of carbonyl (C=O) groups is 2. The van der Waals surface area contributed by atoms with Crippen LogP contribution in [0.5, 0.6) is 0 Å². The van der Waals surface area contributed by atoms with Crippen molar-refractivity contribution in [2.75, 3.05) is 13.7 Å². The van der Waals surface area contributed by atoms with Crippen molar-refractivity contribution in [3.8, 4) is 0 Å². The second-order valence-electron chi connectivity index (χ2n) is 8.17. The van der Waals surface area contributed by atoms with Crippen LogP contribution in [-0.4, -0.2) is 46.9 Å². The van der Waals surface area contributed by atoms with Crippen molar-refractivity contribution in [3.63, 3.8) is 0 Å². The fourth-order valence-electron chi connectivity index (χ4n) is 3.65. The normalized spacial score (nSPS) is 12.1. The van der Waals surface area contributed by atoms with Gasteiger partial charge in [0.15, 0.2) is 0 Å². The Morgan fingerprint density at radius 1 is 0.795 bits per heavy atom. The van der Waals surface area contributed by atoms with Crippen LogP contribution in [0.1, 0.15) is 57.6 Å². The van der Waals surface area contributed by atoms with Crippen LogP contribution in [0.2, 0.25) is 0 Å². The first-order chi connectivity index (χ1) is 18.6. The number of fused-ring (bicyclic) bond motifs is 3. The second-order valence-corrected chi connectivity index (χ2v) is 8.17. The zero-order valence-corrected chi connectivity index (χ0v) is 21.7. The molecule has 2 aromatic carbocycles. The molecule has 0 aliphatic rings. The number of benzene rings is 2. The number of non-ortho nitro benzene ring substituents is 2. The van der Waals surface area contributed by atoms with Crippen molar-refractivity contribution in [3.05, 3.63) is 55.6 Å². The zero-order valence-electron chi connectivity index (χ0n) is 21.7.